The second-order valence-corrected chi connectivity index (χ2v) is 7.96. The minimum atomic E-state index is -0.734. The van der Waals surface area contributed by atoms with Crippen molar-refractivity contribution in [1.82, 2.24) is 5.32 Å². The van der Waals surface area contributed by atoms with Gasteiger partial charge in [0.2, 0.25) is 0 Å². The van der Waals surface area contributed by atoms with E-state index >= 15 is 4.39 Å². The molecule has 0 spiro atoms. The predicted molar refractivity (Wildman–Crippen MR) is 119 cm³/mol. The van der Waals surface area contributed by atoms with Crippen molar-refractivity contribution in [2.24, 2.45) is 0 Å². The Labute approximate surface area is 185 Å². The molecule has 0 saturated heterocycles. The standard InChI is InChI=1S/C25H25FN2O4/c26-23-18(15-27-25(12-5-13-25)20-11-10-19(29)14-22(20)30)8-4-9-21(23)28-24(31)32-16-17-6-2-1-3-7-17/h1-4,6-11,14,27,29-30H,5,12-13,15-16H2,(H,28,31). The van der Waals surface area contributed by atoms with Crippen LogP contribution in [0.1, 0.15) is 36.0 Å². The fraction of sp³-hybridized carbons (Fsp3) is 0.240. The molecule has 0 aliphatic heterocycles. The zero-order chi connectivity index (χ0) is 22.6. The second-order valence-electron chi connectivity index (χ2n) is 7.96. The van der Waals surface area contributed by atoms with Gasteiger partial charge in [-0.25, -0.2) is 9.18 Å². The number of carbonyl (C=O) groups excluding carboxylic acids is 1. The molecule has 0 heterocycles. The number of carbonyl (C=O) groups is 1. The van der Waals surface area contributed by atoms with Gasteiger partial charge in [0, 0.05) is 29.3 Å². The first-order chi connectivity index (χ1) is 15.5. The van der Waals surface area contributed by atoms with Gasteiger partial charge >= 0.3 is 6.09 Å². The van der Waals surface area contributed by atoms with Crippen molar-refractivity contribution in [2.45, 2.75) is 38.0 Å². The van der Waals surface area contributed by atoms with Crippen LogP contribution in [-0.4, -0.2) is 16.3 Å². The number of anilines is 1. The molecule has 1 saturated carbocycles. The third-order valence-corrected chi connectivity index (χ3v) is 5.85. The number of hydrogen-bond donors (Lipinski definition) is 4. The first kappa shape index (κ1) is 21.6. The number of nitrogens with one attached hydrogen (secondary N) is 2. The van der Waals surface area contributed by atoms with Crippen LogP contribution in [-0.2, 0) is 23.4 Å². The van der Waals surface area contributed by atoms with Crippen molar-refractivity contribution in [1.29, 1.82) is 0 Å². The molecule has 32 heavy (non-hydrogen) atoms. The van der Waals surface area contributed by atoms with Crippen LogP contribution in [0, 0.1) is 5.82 Å². The Kier molecular flexibility index (Phi) is 6.28. The zero-order valence-corrected chi connectivity index (χ0v) is 17.5. The first-order valence-electron chi connectivity index (χ1n) is 10.5. The number of hydrogen-bond acceptors (Lipinski definition) is 5. The molecule has 0 atom stereocenters. The Balaban J connectivity index is 1.41. The molecule has 4 N–H and O–H groups in total. The summed E-state index contributed by atoms with van der Waals surface area (Å²) in [6, 6.07) is 18.6. The van der Waals surface area contributed by atoms with E-state index in [4.69, 9.17) is 4.74 Å². The first-order valence-corrected chi connectivity index (χ1v) is 10.5. The van der Waals surface area contributed by atoms with Crippen LogP contribution >= 0.6 is 0 Å². The molecule has 166 valence electrons. The molecule has 1 fully saturated rings. The van der Waals surface area contributed by atoms with Crippen molar-refractivity contribution < 1.29 is 24.1 Å². The number of ether oxygens (including phenoxy) is 1. The lowest BCUT2D eigenvalue weighted by Gasteiger charge is -2.43. The van der Waals surface area contributed by atoms with Gasteiger partial charge in [0.05, 0.1) is 5.69 Å². The van der Waals surface area contributed by atoms with Crippen LogP contribution in [0.3, 0.4) is 0 Å². The lowest BCUT2D eigenvalue weighted by atomic mass is 9.71. The molecule has 3 aromatic carbocycles. The van der Waals surface area contributed by atoms with E-state index in [1.165, 1.54) is 18.2 Å². The molecule has 7 heteroatoms. The fourth-order valence-electron chi connectivity index (χ4n) is 3.94. The van der Waals surface area contributed by atoms with Crippen LogP contribution in [0.25, 0.3) is 0 Å². The van der Waals surface area contributed by atoms with Gasteiger partial charge in [-0.1, -0.05) is 42.5 Å². The topological polar surface area (TPSA) is 90.8 Å². The number of rotatable bonds is 7. The highest BCUT2D eigenvalue weighted by Crippen LogP contribution is 2.45. The number of phenolic OH excluding ortho intramolecular Hbond substituents is 2. The minimum Gasteiger partial charge on any atom is -0.508 e. The summed E-state index contributed by atoms with van der Waals surface area (Å²) < 4.78 is 20.2. The molecule has 0 bridgehead atoms. The van der Waals surface area contributed by atoms with Crippen molar-refractivity contribution in [3.8, 4) is 11.5 Å². The van der Waals surface area contributed by atoms with Crippen molar-refractivity contribution in [3.05, 3.63) is 89.2 Å². The van der Waals surface area contributed by atoms with Crippen LogP contribution in [0.2, 0.25) is 0 Å². The maximum atomic E-state index is 15.0. The summed E-state index contributed by atoms with van der Waals surface area (Å²) in [7, 11) is 0. The van der Waals surface area contributed by atoms with E-state index in [1.807, 2.05) is 30.3 Å². The SMILES string of the molecule is O=C(Nc1cccc(CNC2(c3ccc(O)cc3O)CCC2)c1F)OCc1ccccc1. The van der Waals surface area contributed by atoms with Gasteiger partial charge in [-0.2, -0.15) is 0 Å². The number of benzene rings is 3. The maximum absolute atomic E-state index is 15.0. The number of halogens is 1. The number of aromatic hydroxyl groups is 2. The third kappa shape index (κ3) is 4.68. The molecule has 0 radical (unpaired) electrons. The average molecular weight is 436 g/mol. The lowest BCUT2D eigenvalue weighted by Crippen LogP contribution is -2.47. The Bertz CT molecular complexity index is 1100. The largest absolute Gasteiger partial charge is 0.508 e. The van der Waals surface area contributed by atoms with Gasteiger partial charge in [-0.05, 0) is 43.0 Å². The molecule has 0 aromatic heterocycles. The van der Waals surface area contributed by atoms with Crippen molar-refractivity contribution in [3.63, 3.8) is 0 Å². The fourth-order valence-corrected chi connectivity index (χ4v) is 3.94. The quantitative estimate of drug-likeness (QED) is 0.411. The maximum Gasteiger partial charge on any atom is 0.412 e. The van der Waals surface area contributed by atoms with E-state index in [0.29, 0.717) is 11.1 Å². The Morgan fingerprint density at radius 3 is 2.50 bits per heavy atom. The third-order valence-electron chi connectivity index (χ3n) is 5.85. The predicted octanol–water partition coefficient (Wildman–Crippen LogP) is 5.15. The van der Waals surface area contributed by atoms with Crippen molar-refractivity contribution in [2.75, 3.05) is 5.32 Å². The molecular weight excluding hydrogens is 411 g/mol. The molecule has 0 unspecified atom stereocenters. The van der Waals surface area contributed by atoms with Gasteiger partial charge < -0.3 is 20.3 Å². The van der Waals surface area contributed by atoms with E-state index in [0.717, 1.165) is 24.8 Å². The smallest absolute Gasteiger partial charge is 0.412 e. The Morgan fingerprint density at radius 2 is 1.81 bits per heavy atom. The molecular formula is C25H25FN2O4. The molecule has 1 amide bonds. The Morgan fingerprint density at radius 1 is 1.03 bits per heavy atom. The second kappa shape index (κ2) is 9.28. The highest BCUT2D eigenvalue weighted by atomic mass is 19.1. The van der Waals surface area contributed by atoms with Crippen LogP contribution < -0.4 is 10.6 Å². The van der Waals surface area contributed by atoms with Gasteiger partial charge in [0.25, 0.3) is 0 Å². The summed E-state index contributed by atoms with van der Waals surface area (Å²) >= 11 is 0. The number of amides is 1. The van der Waals surface area contributed by atoms with Gasteiger partial charge in [0.1, 0.15) is 18.1 Å². The normalized spacial score (nSPS) is 14.4. The minimum absolute atomic E-state index is 0.00857. The average Bonchev–Trinajstić information content (AvgIpc) is 2.75. The summed E-state index contributed by atoms with van der Waals surface area (Å²) in [6.07, 6.45) is 1.82. The molecule has 4 rings (SSSR count). The van der Waals surface area contributed by atoms with Crippen LogP contribution in [0.15, 0.2) is 66.7 Å². The highest BCUT2D eigenvalue weighted by Gasteiger charge is 2.40. The highest BCUT2D eigenvalue weighted by molar-refractivity contribution is 5.84. The van der Waals surface area contributed by atoms with Crippen LogP contribution in [0.4, 0.5) is 14.9 Å². The van der Waals surface area contributed by atoms with E-state index < -0.39 is 17.4 Å². The van der Waals surface area contributed by atoms with Gasteiger partial charge in [-0.15, -0.1) is 0 Å². The van der Waals surface area contributed by atoms with E-state index in [9.17, 15) is 15.0 Å². The van der Waals surface area contributed by atoms with E-state index in [2.05, 4.69) is 10.6 Å². The summed E-state index contributed by atoms with van der Waals surface area (Å²) in [5.41, 5.74) is 1.46. The van der Waals surface area contributed by atoms with Crippen molar-refractivity contribution >= 4 is 11.8 Å². The summed E-state index contributed by atoms with van der Waals surface area (Å²) in [4.78, 5) is 12.1. The van der Waals surface area contributed by atoms with E-state index in [-0.39, 0.29) is 30.3 Å². The summed E-state index contributed by atoms with van der Waals surface area (Å²) in [5, 5.41) is 25.7. The van der Waals surface area contributed by atoms with Gasteiger partial charge in [-0.3, -0.25) is 5.32 Å². The zero-order valence-electron chi connectivity index (χ0n) is 17.5. The monoisotopic (exact) mass is 436 g/mol. The van der Waals surface area contributed by atoms with E-state index in [1.54, 1.807) is 18.2 Å². The van der Waals surface area contributed by atoms with Gasteiger partial charge in [0.15, 0.2) is 5.82 Å². The molecule has 1 aliphatic carbocycles. The number of phenols is 2. The lowest BCUT2D eigenvalue weighted by molar-refractivity contribution is 0.155. The molecule has 3 aromatic rings. The summed E-state index contributed by atoms with van der Waals surface area (Å²) in [6.45, 7) is 0.301. The molecule has 6 nitrogen and oxygen atoms in total. The summed E-state index contributed by atoms with van der Waals surface area (Å²) in [5.74, 6) is -0.542. The van der Waals surface area contributed by atoms with Crippen LogP contribution in [0.5, 0.6) is 11.5 Å². The Hall–Kier alpha value is -3.58. The molecule has 1 aliphatic rings.